The van der Waals surface area contributed by atoms with E-state index in [0.717, 1.165) is 3.57 Å². The maximum atomic E-state index is 12.2. The van der Waals surface area contributed by atoms with Crippen LogP contribution in [0.2, 0.25) is 0 Å². The van der Waals surface area contributed by atoms with Gasteiger partial charge in [-0.1, -0.05) is 26.5 Å². The van der Waals surface area contributed by atoms with Crippen molar-refractivity contribution in [2.24, 2.45) is 5.92 Å². The molecule has 0 saturated heterocycles. The highest BCUT2D eigenvalue weighted by molar-refractivity contribution is 14.1. The number of hydrogen-bond acceptors (Lipinski definition) is 3. The van der Waals surface area contributed by atoms with Gasteiger partial charge >= 0.3 is 5.97 Å². The van der Waals surface area contributed by atoms with Crippen LogP contribution in [0.4, 0.5) is 5.69 Å². The Hall–Kier alpha value is -1.37. The van der Waals surface area contributed by atoms with Gasteiger partial charge in [-0.15, -0.1) is 0 Å². The second-order valence-electron chi connectivity index (χ2n) is 4.60. The maximum absolute atomic E-state index is 12.2. The first-order valence-corrected chi connectivity index (χ1v) is 7.29. The van der Waals surface area contributed by atoms with E-state index in [-0.39, 0.29) is 11.8 Å². The predicted molar refractivity (Wildman–Crippen MR) is 87.5 cm³/mol. The second-order valence-corrected chi connectivity index (χ2v) is 5.85. The molecular weight excluding hydrogens is 369 g/mol. The molecule has 4 nitrogen and oxygen atoms in total. The van der Waals surface area contributed by atoms with Crippen molar-refractivity contribution in [1.82, 2.24) is 0 Å². The molecule has 0 bridgehead atoms. The summed E-state index contributed by atoms with van der Waals surface area (Å²) in [5, 5.41) is 0. The second kappa shape index (κ2) is 7.42. The molecule has 20 heavy (non-hydrogen) atoms. The number of anilines is 1. The molecule has 0 radical (unpaired) electrons. The molecule has 0 aliphatic rings. The van der Waals surface area contributed by atoms with Crippen molar-refractivity contribution in [3.8, 4) is 0 Å². The quantitative estimate of drug-likeness (QED) is 0.443. The van der Waals surface area contributed by atoms with Gasteiger partial charge in [-0.25, -0.2) is 4.79 Å². The summed E-state index contributed by atoms with van der Waals surface area (Å²) in [4.78, 5) is 25.6. The van der Waals surface area contributed by atoms with E-state index in [1.807, 2.05) is 32.0 Å². The van der Waals surface area contributed by atoms with Gasteiger partial charge in [0.2, 0.25) is 0 Å². The molecule has 0 N–H and O–H groups in total. The molecule has 5 heteroatoms. The molecule has 1 aromatic rings. The Morgan fingerprint density at radius 3 is 2.50 bits per heavy atom. The number of methoxy groups -OCH3 is 1. The van der Waals surface area contributed by atoms with Crippen LogP contribution >= 0.6 is 22.6 Å². The lowest BCUT2D eigenvalue weighted by Gasteiger charge is -2.31. The maximum Gasteiger partial charge on any atom is 0.329 e. The summed E-state index contributed by atoms with van der Waals surface area (Å²) in [5.41, 5.74) is 0.658. The highest BCUT2D eigenvalue weighted by atomic mass is 127. The fourth-order valence-corrected chi connectivity index (χ4v) is 2.47. The van der Waals surface area contributed by atoms with Gasteiger partial charge in [0, 0.05) is 9.26 Å². The molecule has 0 spiro atoms. The number of ether oxygens (including phenoxy) is 1. The van der Waals surface area contributed by atoms with Gasteiger partial charge in [-0.05, 0) is 52.8 Å². The highest BCUT2D eigenvalue weighted by Gasteiger charge is 2.33. The van der Waals surface area contributed by atoms with E-state index in [9.17, 15) is 9.59 Å². The molecule has 0 heterocycles. The van der Waals surface area contributed by atoms with E-state index in [1.54, 1.807) is 6.07 Å². The molecule has 0 saturated carbocycles. The number of esters is 1. The number of amides is 1. The van der Waals surface area contributed by atoms with Crippen LogP contribution < -0.4 is 4.90 Å². The first-order chi connectivity index (χ1) is 9.42. The third-order valence-electron chi connectivity index (χ3n) is 2.85. The van der Waals surface area contributed by atoms with E-state index < -0.39 is 12.0 Å². The number of nitrogens with zero attached hydrogens (tertiary/aromatic N) is 1. The van der Waals surface area contributed by atoms with Crippen molar-refractivity contribution < 1.29 is 14.3 Å². The average molecular weight is 387 g/mol. The number of hydrogen-bond donors (Lipinski definition) is 0. The molecule has 1 atom stereocenters. The van der Waals surface area contributed by atoms with Gasteiger partial charge in [0.05, 0.1) is 7.11 Å². The Bertz CT molecular complexity index is 514. The minimum atomic E-state index is -0.677. The van der Waals surface area contributed by atoms with Gasteiger partial charge in [0.15, 0.2) is 0 Å². The Balaban J connectivity index is 3.33. The van der Waals surface area contributed by atoms with E-state index in [2.05, 4.69) is 29.2 Å². The van der Waals surface area contributed by atoms with Crippen LogP contribution in [0.1, 0.15) is 13.8 Å². The zero-order valence-corrected chi connectivity index (χ0v) is 14.0. The largest absolute Gasteiger partial charge is 0.467 e. The Labute approximate surface area is 132 Å². The van der Waals surface area contributed by atoms with Crippen molar-refractivity contribution >= 4 is 40.2 Å². The zero-order chi connectivity index (χ0) is 15.3. The fraction of sp³-hybridized carbons (Fsp3) is 0.333. The molecule has 1 rings (SSSR count). The summed E-state index contributed by atoms with van der Waals surface area (Å²) in [5.74, 6) is -0.839. The molecule has 0 unspecified atom stereocenters. The predicted octanol–water partition coefficient (Wildman–Crippen LogP) is 3.01. The normalized spacial score (nSPS) is 11.8. The molecule has 1 aromatic carbocycles. The minimum absolute atomic E-state index is 0.0794. The van der Waals surface area contributed by atoms with E-state index >= 15 is 0 Å². The van der Waals surface area contributed by atoms with Crippen LogP contribution in [0, 0.1) is 9.49 Å². The summed E-state index contributed by atoms with van der Waals surface area (Å²) in [6.07, 6.45) is 1.21. The minimum Gasteiger partial charge on any atom is -0.467 e. The third-order valence-corrected chi connectivity index (χ3v) is 3.52. The molecule has 1 amide bonds. The molecule has 0 aliphatic carbocycles. The van der Waals surface area contributed by atoms with E-state index in [4.69, 9.17) is 4.74 Å². The van der Waals surface area contributed by atoms with Crippen molar-refractivity contribution in [1.29, 1.82) is 0 Å². The lowest BCUT2D eigenvalue weighted by molar-refractivity contribution is -0.144. The number of carbonyl (C=O) groups is 2. The first kappa shape index (κ1) is 16.7. The summed E-state index contributed by atoms with van der Waals surface area (Å²) >= 11 is 2.16. The topological polar surface area (TPSA) is 46.6 Å². The van der Waals surface area contributed by atoms with Crippen LogP contribution in [0.5, 0.6) is 0 Å². The monoisotopic (exact) mass is 387 g/mol. The summed E-state index contributed by atoms with van der Waals surface area (Å²) in [7, 11) is 1.32. The van der Waals surface area contributed by atoms with Crippen molar-refractivity contribution in [2.75, 3.05) is 12.0 Å². The molecule has 0 aliphatic heterocycles. The lowest BCUT2D eigenvalue weighted by Crippen LogP contribution is -2.48. The van der Waals surface area contributed by atoms with Gasteiger partial charge in [0.1, 0.15) is 6.04 Å². The molecule has 0 fully saturated rings. The number of rotatable bonds is 5. The van der Waals surface area contributed by atoms with Gasteiger partial charge in [-0.3, -0.25) is 9.69 Å². The summed E-state index contributed by atoms with van der Waals surface area (Å²) < 4.78 is 5.81. The van der Waals surface area contributed by atoms with E-state index in [0.29, 0.717) is 5.69 Å². The molecule has 0 aromatic heterocycles. The highest BCUT2D eigenvalue weighted by Crippen LogP contribution is 2.24. The fourth-order valence-electron chi connectivity index (χ4n) is 1.95. The Morgan fingerprint density at radius 2 is 2.05 bits per heavy atom. The number of halogens is 1. The van der Waals surface area contributed by atoms with Gasteiger partial charge in [-0.2, -0.15) is 0 Å². The Morgan fingerprint density at radius 1 is 1.40 bits per heavy atom. The number of carbonyl (C=O) groups excluding carboxylic acids is 2. The average Bonchev–Trinajstić information content (AvgIpc) is 2.42. The van der Waals surface area contributed by atoms with Crippen molar-refractivity contribution in [3.05, 3.63) is 40.5 Å². The Kier molecular flexibility index (Phi) is 6.19. The third kappa shape index (κ3) is 3.82. The van der Waals surface area contributed by atoms with Crippen LogP contribution in [0.15, 0.2) is 36.9 Å². The van der Waals surface area contributed by atoms with E-state index in [1.165, 1.54) is 18.1 Å². The zero-order valence-electron chi connectivity index (χ0n) is 11.8. The van der Waals surface area contributed by atoms with Crippen LogP contribution in [-0.2, 0) is 14.3 Å². The van der Waals surface area contributed by atoms with Crippen molar-refractivity contribution in [3.63, 3.8) is 0 Å². The molecule has 108 valence electrons. The molecular formula is C15H18INO3. The first-order valence-electron chi connectivity index (χ1n) is 6.21. The summed E-state index contributed by atoms with van der Waals surface area (Å²) in [6.45, 7) is 7.26. The van der Waals surface area contributed by atoms with Crippen molar-refractivity contribution in [2.45, 2.75) is 19.9 Å². The van der Waals surface area contributed by atoms with Crippen LogP contribution in [-0.4, -0.2) is 25.0 Å². The number of benzene rings is 1. The van der Waals surface area contributed by atoms with Crippen LogP contribution in [0.3, 0.4) is 0 Å². The SMILES string of the molecule is C=CC(=O)N(c1cccc(I)c1)[C@H](C(=O)OC)C(C)C. The standard InChI is InChI=1S/C15H18INO3/c1-5-13(18)17(12-8-6-7-11(16)9-12)14(10(2)3)15(19)20-4/h5-10,14H,1H2,2-4H3/t14-/m0/s1. The van der Waals surface area contributed by atoms with Gasteiger partial charge < -0.3 is 4.74 Å². The van der Waals surface area contributed by atoms with Gasteiger partial charge in [0.25, 0.3) is 5.91 Å². The van der Waals surface area contributed by atoms with Crippen LogP contribution in [0.25, 0.3) is 0 Å². The lowest BCUT2D eigenvalue weighted by atomic mass is 10.0. The summed E-state index contributed by atoms with van der Waals surface area (Å²) in [6, 6.07) is 6.73. The smallest absolute Gasteiger partial charge is 0.329 e.